The second-order valence-corrected chi connectivity index (χ2v) is 12.4. The SMILES string of the molecule is CN[C@@H]1CCN(C(=O)N2CC[C@@H](Cn3cnc4ccc(Cl)cc4c3=O)C3(CCCC3)C2)[C@H](c2cc(F)ccc2F)C1. The number of carbonyl (C=O) groups is 1. The number of benzene rings is 2. The number of nitrogens with one attached hydrogen (secondary N) is 1. The largest absolute Gasteiger partial charge is 0.324 e. The first-order chi connectivity index (χ1) is 19.8. The summed E-state index contributed by atoms with van der Waals surface area (Å²) in [6, 6.07) is 8.10. The van der Waals surface area contributed by atoms with E-state index in [1.807, 2.05) is 11.9 Å². The number of amides is 2. The molecule has 2 amide bonds. The zero-order valence-electron chi connectivity index (χ0n) is 23.3. The number of rotatable bonds is 4. The van der Waals surface area contributed by atoms with Gasteiger partial charge < -0.3 is 15.1 Å². The molecule has 1 saturated carbocycles. The molecule has 3 fully saturated rings. The van der Waals surface area contributed by atoms with Crippen LogP contribution in [0.5, 0.6) is 0 Å². The molecule has 6 rings (SSSR count). The van der Waals surface area contributed by atoms with Crippen LogP contribution in [0.1, 0.15) is 56.6 Å². The van der Waals surface area contributed by atoms with Crippen molar-refractivity contribution in [2.75, 3.05) is 26.7 Å². The molecular weight excluding hydrogens is 548 g/mol. The molecule has 218 valence electrons. The minimum Gasteiger partial charge on any atom is -0.324 e. The second kappa shape index (κ2) is 11.3. The Morgan fingerprint density at radius 1 is 1.12 bits per heavy atom. The molecule has 0 unspecified atom stereocenters. The van der Waals surface area contributed by atoms with Gasteiger partial charge in [-0.1, -0.05) is 24.4 Å². The Bertz CT molecular complexity index is 1510. The van der Waals surface area contributed by atoms with Gasteiger partial charge in [0.05, 0.1) is 23.3 Å². The van der Waals surface area contributed by atoms with Gasteiger partial charge in [0, 0.05) is 42.8 Å². The molecule has 3 aliphatic rings. The predicted molar refractivity (Wildman–Crippen MR) is 155 cm³/mol. The Morgan fingerprint density at radius 3 is 2.71 bits per heavy atom. The molecule has 1 aliphatic carbocycles. The average Bonchev–Trinajstić information content (AvgIpc) is 3.45. The summed E-state index contributed by atoms with van der Waals surface area (Å²) >= 11 is 6.16. The molecule has 41 heavy (non-hydrogen) atoms. The van der Waals surface area contributed by atoms with Crippen LogP contribution in [0.15, 0.2) is 47.5 Å². The van der Waals surface area contributed by atoms with Crippen LogP contribution in [0.4, 0.5) is 13.6 Å². The molecule has 0 radical (unpaired) electrons. The molecular formula is C31H36ClF2N5O2. The molecule has 2 aromatic carbocycles. The fraction of sp³-hybridized carbons (Fsp3) is 0.516. The van der Waals surface area contributed by atoms with Gasteiger partial charge >= 0.3 is 6.03 Å². The van der Waals surface area contributed by atoms with Gasteiger partial charge in [0.2, 0.25) is 0 Å². The van der Waals surface area contributed by atoms with E-state index in [1.165, 1.54) is 6.07 Å². The van der Waals surface area contributed by atoms with Gasteiger partial charge in [0.1, 0.15) is 11.6 Å². The fourth-order valence-corrected chi connectivity index (χ4v) is 7.67. The molecule has 2 aliphatic heterocycles. The molecule has 1 N–H and O–H groups in total. The minimum atomic E-state index is -0.546. The van der Waals surface area contributed by atoms with Gasteiger partial charge in [-0.15, -0.1) is 0 Å². The summed E-state index contributed by atoms with van der Waals surface area (Å²) in [7, 11) is 1.86. The summed E-state index contributed by atoms with van der Waals surface area (Å²) < 4.78 is 30.8. The standard InChI is InChI=1S/C31H36ClF2N5O2/c1-35-23-9-13-39(28(16-23)24-15-22(33)5-6-26(24)34)30(41)37-12-8-20(31(18-37)10-2-3-11-31)17-38-19-36-27-7-4-21(32)14-25(27)29(38)40/h4-7,14-15,19-20,23,28,35H,2-3,8-13,16-18H2,1H3/t20-,23+,28-/m0/s1. The lowest BCUT2D eigenvalue weighted by Crippen LogP contribution is -2.57. The van der Waals surface area contributed by atoms with E-state index in [0.29, 0.717) is 48.5 Å². The first-order valence-corrected chi connectivity index (χ1v) is 15.0. The van der Waals surface area contributed by atoms with Crippen LogP contribution in [0.25, 0.3) is 10.9 Å². The normalized spacial score (nSPS) is 24.3. The Kier molecular flexibility index (Phi) is 7.76. The summed E-state index contributed by atoms with van der Waals surface area (Å²) in [5.41, 5.74) is 0.654. The van der Waals surface area contributed by atoms with E-state index in [1.54, 1.807) is 34.0 Å². The highest BCUT2D eigenvalue weighted by Gasteiger charge is 2.48. The number of likely N-dealkylation sites (tertiary alicyclic amines) is 2. The summed E-state index contributed by atoms with van der Waals surface area (Å²) in [4.78, 5) is 35.6. The molecule has 3 atom stereocenters. The third-order valence-electron chi connectivity index (χ3n) is 9.77. The number of piperidine rings is 2. The van der Waals surface area contributed by atoms with Crippen molar-refractivity contribution in [3.05, 3.63) is 75.3 Å². The third kappa shape index (κ3) is 5.34. The van der Waals surface area contributed by atoms with Gasteiger partial charge in [-0.2, -0.15) is 0 Å². The number of aromatic nitrogens is 2. The summed E-state index contributed by atoms with van der Waals surface area (Å²) in [6.07, 6.45) is 7.82. The lowest BCUT2D eigenvalue weighted by molar-refractivity contribution is 0.0206. The summed E-state index contributed by atoms with van der Waals surface area (Å²) in [5, 5.41) is 4.27. The van der Waals surface area contributed by atoms with Gasteiger partial charge in [0.25, 0.3) is 5.56 Å². The van der Waals surface area contributed by atoms with Crippen molar-refractivity contribution >= 4 is 28.5 Å². The molecule has 3 aromatic rings. The van der Waals surface area contributed by atoms with Crippen LogP contribution in [-0.2, 0) is 6.54 Å². The molecule has 0 bridgehead atoms. The Balaban J connectivity index is 1.25. The second-order valence-electron chi connectivity index (χ2n) is 12.0. The number of fused-ring (bicyclic) bond motifs is 1. The molecule has 2 saturated heterocycles. The van der Waals surface area contributed by atoms with Crippen molar-refractivity contribution in [2.45, 2.75) is 63.6 Å². The number of urea groups is 1. The van der Waals surface area contributed by atoms with Gasteiger partial charge in [-0.25, -0.2) is 18.6 Å². The van der Waals surface area contributed by atoms with Crippen molar-refractivity contribution < 1.29 is 13.6 Å². The van der Waals surface area contributed by atoms with Gasteiger partial charge in [0.15, 0.2) is 0 Å². The van der Waals surface area contributed by atoms with E-state index in [2.05, 4.69) is 10.3 Å². The van der Waals surface area contributed by atoms with E-state index in [4.69, 9.17) is 11.6 Å². The zero-order valence-corrected chi connectivity index (χ0v) is 24.0. The summed E-state index contributed by atoms with van der Waals surface area (Å²) in [5.74, 6) is -0.781. The van der Waals surface area contributed by atoms with Crippen molar-refractivity contribution in [2.24, 2.45) is 11.3 Å². The van der Waals surface area contributed by atoms with Crippen molar-refractivity contribution in [1.82, 2.24) is 24.7 Å². The van der Waals surface area contributed by atoms with Gasteiger partial charge in [-0.05, 0) is 86.9 Å². The maximum Gasteiger partial charge on any atom is 0.320 e. The van der Waals surface area contributed by atoms with Crippen LogP contribution < -0.4 is 10.9 Å². The fourth-order valence-electron chi connectivity index (χ4n) is 7.50. The lowest BCUT2D eigenvalue weighted by atomic mass is 9.69. The first-order valence-electron chi connectivity index (χ1n) is 14.6. The van der Waals surface area contributed by atoms with Crippen LogP contribution >= 0.6 is 11.6 Å². The topological polar surface area (TPSA) is 70.5 Å². The number of nitrogens with zero attached hydrogens (tertiary/aromatic N) is 4. The highest BCUT2D eigenvalue weighted by Crippen LogP contribution is 2.49. The Hall–Kier alpha value is -3.04. The predicted octanol–water partition coefficient (Wildman–Crippen LogP) is 5.76. The minimum absolute atomic E-state index is 0.0977. The van der Waals surface area contributed by atoms with Gasteiger partial charge in [-0.3, -0.25) is 9.36 Å². The van der Waals surface area contributed by atoms with Crippen LogP contribution in [0, 0.1) is 23.0 Å². The average molecular weight is 584 g/mol. The van der Waals surface area contributed by atoms with Crippen molar-refractivity contribution in [1.29, 1.82) is 0 Å². The lowest BCUT2D eigenvalue weighted by Gasteiger charge is -2.49. The smallest absolute Gasteiger partial charge is 0.320 e. The first kappa shape index (κ1) is 28.1. The Morgan fingerprint density at radius 2 is 1.93 bits per heavy atom. The van der Waals surface area contributed by atoms with E-state index in [-0.39, 0.29) is 34.5 Å². The maximum absolute atomic E-state index is 14.9. The Labute approximate surface area is 243 Å². The van der Waals surface area contributed by atoms with Crippen LogP contribution in [0.3, 0.4) is 0 Å². The quantitative estimate of drug-likeness (QED) is 0.424. The highest BCUT2D eigenvalue weighted by atomic mass is 35.5. The number of hydrogen-bond donors (Lipinski definition) is 1. The summed E-state index contributed by atoms with van der Waals surface area (Å²) in [6.45, 7) is 2.17. The third-order valence-corrected chi connectivity index (χ3v) is 10.0. The van der Waals surface area contributed by atoms with E-state index in [9.17, 15) is 18.4 Å². The zero-order chi connectivity index (χ0) is 28.7. The number of halogens is 3. The monoisotopic (exact) mass is 583 g/mol. The highest BCUT2D eigenvalue weighted by molar-refractivity contribution is 6.31. The van der Waals surface area contributed by atoms with Crippen LogP contribution in [-0.4, -0.2) is 58.1 Å². The molecule has 10 heteroatoms. The van der Waals surface area contributed by atoms with E-state index < -0.39 is 17.7 Å². The van der Waals surface area contributed by atoms with E-state index in [0.717, 1.165) is 50.7 Å². The molecule has 3 heterocycles. The maximum atomic E-state index is 14.9. The number of carbonyl (C=O) groups excluding carboxylic acids is 1. The molecule has 1 spiro atoms. The molecule has 1 aromatic heterocycles. The number of hydrogen-bond acceptors (Lipinski definition) is 4. The van der Waals surface area contributed by atoms with Crippen molar-refractivity contribution in [3.8, 4) is 0 Å². The van der Waals surface area contributed by atoms with E-state index >= 15 is 0 Å². The van der Waals surface area contributed by atoms with Crippen molar-refractivity contribution in [3.63, 3.8) is 0 Å². The molecule has 7 nitrogen and oxygen atoms in total. The van der Waals surface area contributed by atoms with Crippen LogP contribution in [0.2, 0.25) is 5.02 Å².